The van der Waals surface area contributed by atoms with Crippen molar-refractivity contribution in [1.82, 2.24) is 0 Å². The van der Waals surface area contributed by atoms with E-state index in [1.54, 1.807) is 0 Å². The highest BCUT2D eigenvalue weighted by molar-refractivity contribution is 9.10. The van der Waals surface area contributed by atoms with Crippen molar-refractivity contribution in [3.05, 3.63) is 27.7 Å². The summed E-state index contributed by atoms with van der Waals surface area (Å²) in [7, 11) is 0. The maximum Gasteiger partial charge on any atom is 0.271 e. The van der Waals surface area contributed by atoms with Crippen LogP contribution in [0.25, 0.3) is 0 Å². The largest absolute Gasteiger partial charge is 0.508 e. The molecule has 1 nitrogen and oxygen atoms in total. The SMILES string of the molecule is CC(C)(C)c1cc(C(C)(F)F)c(Br)cc1O. The second-order valence-electron chi connectivity index (χ2n) is 4.99. The molecule has 0 heterocycles. The quantitative estimate of drug-likeness (QED) is 0.804. The van der Waals surface area contributed by atoms with Crippen LogP contribution in [0.2, 0.25) is 0 Å². The molecule has 1 N–H and O–H groups in total. The van der Waals surface area contributed by atoms with Gasteiger partial charge in [0.15, 0.2) is 0 Å². The van der Waals surface area contributed by atoms with Crippen LogP contribution in [0.15, 0.2) is 16.6 Å². The monoisotopic (exact) mass is 292 g/mol. The number of phenolic OH excluding ortho intramolecular Hbond substituents is 1. The van der Waals surface area contributed by atoms with Crippen LogP contribution >= 0.6 is 15.9 Å². The fourth-order valence-corrected chi connectivity index (χ4v) is 2.18. The summed E-state index contributed by atoms with van der Waals surface area (Å²) in [6.45, 7) is 6.45. The summed E-state index contributed by atoms with van der Waals surface area (Å²) in [6, 6.07) is 2.69. The predicted molar refractivity (Wildman–Crippen MR) is 64.1 cm³/mol. The first kappa shape index (κ1) is 13.4. The van der Waals surface area contributed by atoms with Crippen LogP contribution in [0.3, 0.4) is 0 Å². The number of hydrogen-bond donors (Lipinski definition) is 1. The molecule has 0 aliphatic carbocycles. The molecule has 1 rings (SSSR count). The summed E-state index contributed by atoms with van der Waals surface area (Å²) >= 11 is 3.04. The molecular weight excluding hydrogens is 278 g/mol. The predicted octanol–water partition coefficient (Wildman–Crippen LogP) is 4.56. The molecule has 0 saturated heterocycles. The van der Waals surface area contributed by atoms with Crippen molar-refractivity contribution in [2.45, 2.75) is 39.0 Å². The molecule has 0 aliphatic heterocycles. The van der Waals surface area contributed by atoms with Gasteiger partial charge in [-0.15, -0.1) is 0 Å². The third-order valence-electron chi connectivity index (χ3n) is 2.37. The van der Waals surface area contributed by atoms with Crippen LogP contribution < -0.4 is 0 Å². The van der Waals surface area contributed by atoms with Gasteiger partial charge in [-0.05, 0) is 23.1 Å². The van der Waals surface area contributed by atoms with Gasteiger partial charge < -0.3 is 5.11 Å². The Morgan fingerprint density at radius 2 is 1.56 bits per heavy atom. The van der Waals surface area contributed by atoms with Gasteiger partial charge >= 0.3 is 0 Å². The van der Waals surface area contributed by atoms with Crippen LogP contribution in [0.4, 0.5) is 8.78 Å². The highest BCUT2D eigenvalue weighted by Crippen LogP contribution is 2.40. The molecule has 90 valence electrons. The molecule has 0 aromatic heterocycles. The van der Waals surface area contributed by atoms with Crippen molar-refractivity contribution in [1.29, 1.82) is 0 Å². The highest BCUT2D eigenvalue weighted by atomic mass is 79.9. The summed E-state index contributed by atoms with van der Waals surface area (Å²) in [5.74, 6) is -2.89. The average molecular weight is 293 g/mol. The Balaban J connectivity index is 3.45. The summed E-state index contributed by atoms with van der Waals surface area (Å²) in [4.78, 5) is 0. The Morgan fingerprint density at radius 1 is 1.06 bits per heavy atom. The Hall–Kier alpha value is -0.640. The first-order chi connectivity index (χ1) is 7.03. The molecule has 0 unspecified atom stereocenters. The van der Waals surface area contributed by atoms with E-state index in [1.165, 1.54) is 12.1 Å². The minimum Gasteiger partial charge on any atom is -0.508 e. The zero-order chi connectivity index (χ0) is 12.7. The highest BCUT2D eigenvalue weighted by Gasteiger charge is 2.30. The van der Waals surface area contributed by atoms with Gasteiger partial charge in [0.05, 0.1) is 0 Å². The average Bonchev–Trinajstić information content (AvgIpc) is 1.97. The van der Waals surface area contributed by atoms with Crippen LogP contribution in [0.1, 0.15) is 38.8 Å². The normalized spacial score (nSPS) is 12.9. The summed E-state index contributed by atoms with van der Waals surface area (Å²) in [5.41, 5.74) is 0.0487. The minimum absolute atomic E-state index is 0.0346. The third-order valence-corrected chi connectivity index (χ3v) is 3.02. The van der Waals surface area contributed by atoms with E-state index in [2.05, 4.69) is 15.9 Å². The molecule has 0 atom stereocenters. The maximum atomic E-state index is 13.3. The van der Waals surface area contributed by atoms with Crippen molar-refractivity contribution >= 4 is 15.9 Å². The topological polar surface area (TPSA) is 20.2 Å². The summed E-state index contributed by atoms with van der Waals surface area (Å²) in [5, 5.41) is 9.74. The Morgan fingerprint density at radius 3 is 1.94 bits per heavy atom. The van der Waals surface area contributed by atoms with Crippen molar-refractivity contribution < 1.29 is 13.9 Å². The van der Waals surface area contributed by atoms with E-state index in [4.69, 9.17) is 0 Å². The lowest BCUT2D eigenvalue weighted by Crippen LogP contribution is -2.15. The van der Waals surface area contributed by atoms with E-state index >= 15 is 0 Å². The number of benzene rings is 1. The van der Waals surface area contributed by atoms with Gasteiger partial charge in [0.1, 0.15) is 5.75 Å². The Bertz CT molecular complexity index is 367. The second kappa shape index (κ2) is 3.99. The van der Waals surface area contributed by atoms with Crippen LogP contribution in [-0.2, 0) is 11.3 Å². The van der Waals surface area contributed by atoms with Gasteiger partial charge in [-0.2, -0.15) is 0 Å². The molecule has 1 aromatic rings. The molecule has 16 heavy (non-hydrogen) atoms. The van der Waals surface area contributed by atoms with E-state index < -0.39 is 5.92 Å². The molecule has 0 bridgehead atoms. The van der Waals surface area contributed by atoms with E-state index in [0.29, 0.717) is 5.56 Å². The summed E-state index contributed by atoms with van der Waals surface area (Å²) < 4.78 is 26.8. The standard InChI is InChI=1S/C12H15BrF2O/c1-11(2,3)8-5-7(12(4,14)15)9(13)6-10(8)16/h5-6,16H,1-4H3. The smallest absolute Gasteiger partial charge is 0.271 e. The number of alkyl halides is 2. The fraction of sp³-hybridized carbons (Fsp3) is 0.500. The van der Waals surface area contributed by atoms with Crippen LogP contribution in [-0.4, -0.2) is 5.11 Å². The van der Waals surface area contributed by atoms with Gasteiger partial charge in [0.25, 0.3) is 5.92 Å². The molecule has 0 fully saturated rings. The molecular formula is C12H15BrF2O. The summed E-state index contributed by atoms with van der Waals surface area (Å²) in [6.07, 6.45) is 0. The molecule has 4 heteroatoms. The number of phenols is 1. The fourth-order valence-electron chi connectivity index (χ4n) is 1.50. The Kier molecular flexibility index (Phi) is 3.34. The maximum absolute atomic E-state index is 13.3. The lowest BCUT2D eigenvalue weighted by atomic mass is 9.85. The van der Waals surface area contributed by atoms with Crippen molar-refractivity contribution in [2.24, 2.45) is 0 Å². The van der Waals surface area contributed by atoms with E-state index in [9.17, 15) is 13.9 Å². The lowest BCUT2D eigenvalue weighted by Gasteiger charge is -2.23. The first-order valence-electron chi connectivity index (χ1n) is 4.95. The number of halogens is 3. The molecule has 0 aliphatic rings. The zero-order valence-corrected chi connectivity index (χ0v) is 11.3. The van der Waals surface area contributed by atoms with Gasteiger partial charge in [-0.3, -0.25) is 0 Å². The van der Waals surface area contributed by atoms with Crippen molar-refractivity contribution in [2.75, 3.05) is 0 Å². The number of aromatic hydroxyl groups is 1. The second-order valence-corrected chi connectivity index (χ2v) is 5.84. The zero-order valence-electron chi connectivity index (χ0n) is 9.74. The van der Waals surface area contributed by atoms with Gasteiger partial charge in [-0.1, -0.05) is 36.7 Å². The van der Waals surface area contributed by atoms with E-state index in [-0.39, 0.29) is 21.2 Å². The van der Waals surface area contributed by atoms with Crippen molar-refractivity contribution in [3.63, 3.8) is 0 Å². The first-order valence-corrected chi connectivity index (χ1v) is 5.74. The van der Waals surface area contributed by atoms with Gasteiger partial charge in [-0.25, -0.2) is 8.78 Å². The van der Waals surface area contributed by atoms with Crippen molar-refractivity contribution in [3.8, 4) is 5.75 Å². The molecule has 1 aromatic carbocycles. The third kappa shape index (κ3) is 2.73. The Labute approximate surface area is 103 Å². The van der Waals surface area contributed by atoms with E-state index in [1.807, 2.05) is 20.8 Å². The molecule has 0 radical (unpaired) electrons. The van der Waals surface area contributed by atoms with E-state index in [0.717, 1.165) is 6.92 Å². The lowest BCUT2D eigenvalue weighted by molar-refractivity contribution is 0.0165. The van der Waals surface area contributed by atoms with Gasteiger partial charge in [0, 0.05) is 17.0 Å². The molecule has 0 amide bonds. The molecule has 0 saturated carbocycles. The molecule has 0 spiro atoms. The number of hydrogen-bond acceptors (Lipinski definition) is 1. The van der Waals surface area contributed by atoms with Crippen LogP contribution in [0, 0.1) is 0 Å². The number of rotatable bonds is 1. The minimum atomic E-state index is -2.92. The van der Waals surface area contributed by atoms with Crippen LogP contribution in [0.5, 0.6) is 5.75 Å². The van der Waals surface area contributed by atoms with Gasteiger partial charge in [0.2, 0.25) is 0 Å².